The van der Waals surface area contributed by atoms with Crippen LogP contribution >= 0.6 is 31.9 Å². The number of benzene rings is 1. The Hall–Kier alpha value is 0.0249. The lowest BCUT2D eigenvalue weighted by molar-refractivity contribution is 0.419. The van der Waals surface area contributed by atoms with Crippen molar-refractivity contribution in [2.75, 3.05) is 0 Å². The minimum absolute atomic E-state index is 0.0444. The lowest BCUT2D eigenvalue weighted by atomic mass is 9.79. The summed E-state index contributed by atoms with van der Waals surface area (Å²) in [5.74, 6) is -2.04. The maximum atomic E-state index is 13.1. The first-order valence-corrected chi connectivity index (χ1v) is 4.72. The fraction of sp³-hybridized carbons (Fsp3) is 0. The molecule has 1 aromatic rings. The van der Waals surface area contributed by atoms with Crippen molar-refractivity contribution in [3.05, 3.63) is 26.6 Å². The zero-order valence-corrected chi connectivity index (χ0v) is 9.23. The molecule has 0 aliphatic rings. The lowest BCUT2D eigenvalue weighted by Gasteiger charge is -2.06. The molecule has 0 aromatic heterocycles. The molecule has 70 valence electrons. The predicted octanol–water partition coefficient (Wildman–Crippen LogP) is 1.17. The van der Waals surface area contributed by atoms with Gasteiger partial charge in [-0.05, 0) is 37.9 Å². The molecular weight excluding hydrogens is 313 g/mol. The summed E-state index contributed by atoms with van der Waals surface area (Å²) in [5, 5.41) is 17.3. The van der Waals surface area contributed by atoms with Crippen LogP contribution in [0.5, 0.6) is 0 Å². The second kappa shape index (κ2) is 4.04. The lowest BCUT2D eigenvalue weighted by Crippen LogP contribution is -2.36. The molecule has 7 heteroatoms. The topological polar surface area (TPSA) is 40.5 Å². The van der Waals surface area contributed by atoms with E-state index in [2.05, 4.69) is 31.9 Å². The molecule has 0 unspecified atom stereocenters. The summed E-state index contributed by atoms with van der Waals surface area (Å²) >= 11 is 5.71. The molecule has 0 fully saturated rings. The quantitative estimate of drug-likeness (QED) is 0.464. The van der Waals surface area contributed by atoms with Gasteiger partial charge in [-0.3, -0.25) is 0 Å². The Kier molecular flexibility index (Phi) is 3.45. The number of halogens is 4. The average molecular weight is 316 g/mol. The number of hydrogen-bond acceptors (Lipinski definition) is 2. The number of rotatable bonds is 1. The normalized spacial score (nSPS) is 10.3. The molecule has 0 amide bonds. The van der Waals surface area contributed by atoms with Crippen LogP contribution in [-0.4, -0.2) is 17.2 Å². The molecular formula is C6H3BBr2F2O2. The molecule has 0 aliphatic carbocycles. The van der Waals surface area contributed by atoms with Crippen LogP contribution < -0.4 is 5.46 Å². The molecule has 1 aromatic carbocycles. The second-order valence-corrected chi connectivity index (χ2v) is 3.90. The molecule has 0 bridgehead atoms. The van der Waals surface area contributed by atoms with Gasteiger partial charge in [0.1, 0.15) is 11.6 Å². The van der Waals surface area contributed by atoms with Crippen molar-refractivity contribution in [3.8, 4) is 0 Å². The largest absolute Gasteiger partial charge is 0.494 e. The van der Waals surface area contributed by atoms with E-state index in [-0.39, 0.29) is 8.95 Å². The predicted molar refractivity (Wildman–Crippen MR) is 51.6 cm³/mol. The van der Waals surface area contributed by atoms with Crippen molar-refractivity contribution < 1.29 is 18.8 Å². The van der Waals surface area contributed by atoms with Gasteiger partial charge in [-0.2, -0.15) is 0 Å². The minimum Gasteiger partial charge on any atom is -0.423 e. The van der Waals surface area contributed by atoms with Gasteiger partial charge in [0, 0.05) is 4.47 Å². The van der Waals surface area contributed by atoms with Crippen LogP contribution in [0.2, 0.25) is 0 Å². The summed E-state index contributed by atoms with van der Waals surface area (Å²) in [6, 6.07) is 0.946. The van der Waals surface area contributed by atoms with E-state index in [1.54, 1.807) is 0 Å². The van der Waals surface area contributed by atoms with E-state index < -0.39 is 24.2 Å². The summed E-state index contributed by atoms with van der Waals surface area (Å²) in [5.41, 5.74) is -0.768. The van der Waals surface area contributed by atoms with Crippen LogP contribution in [0.1, 0.15) is 0 Å². The van der Waals surface area contributed by atoms with Gasteiger partial charge in [0.05, 0.1) is 9.94 Å². The zero-order chi connectivity index (χ0) is 10.2. The first-order chi connectivity index (χ1) is 5.95. The minimum atomic E-state index is -2.16. The van der Waals surface area contributed by atoms with Gasteiger partial charge in [0.2, 0.25) is 0 Å². The second-order valence-electron chi connectivity index (χ2n) is 2.26. The van der Waals surface area contributed by atoms with Crippen molar-refractivity contribution in [2.24, 2.45) is 0 Å². The smallest absolute Gasteiger partial charge is 0.423 e. The van der Waals surface area contributed by atoms with Crippen molar-refractivity contribution >= 4 is 44.4 Å². The van der Waals surface area contributed by atoms with Gasteiger partial charge in [-0.25, -0.2) is 8.78 Å². The van der Waals surface area contributed by atoms with Crippen LogP contribution in [0, 0.1) is 11.6 Å². The van der Waals surface area contributed by atoms with E-state index in [0.717, 1.165) is 6.07 Å². The Balaban J connectivity index is 3.44. The maximum Gasteiger partial charge on any atom is 0.494 e. The van der Waals surface area contributed by atoms with Crippen LogP contribution in [0.4, 0.5) is 8.78 Å². The van der Waals surface area contributed by atoms with Crippen LogP contribution in [0.25, 0.3) is 0 Å². The monoisotopic (exact) mass is 314 g/mol. The van der Waals surface area contributed by atoms with Gasteiger partial charge in [-0.15, -0.1) is 0 Å². The fourth-order valence-corrected chi connectivity index (χ4v) is 1.52. The fourth-order valence-electron chi connectivity index (χ4n) is 0.817. The van der Waals surface area contributed by atoms with E-state index in [4.69, 9.17) is 10.0 Å². The maximum absolute atomic E-state index is 13.1. The molecule has 2 nitrogen and oxygen atoms in total. The molecule has 0 saturated carbocycles. The Morgan fingerprint density at radius 1 is 1.23 bits per heavy atom. The molecule has 13 heavy (non-hydrogen) atoms. The third-order valence-electron chi connectivity index (χ3n) is 1.41. The van der Waals surface area contributed by atoms with Crippen LogP contribution in [0.15, 0.2) is 15.0 Å². The highest BCUT2D eigenvalue weighted by Crippen LogP contribution is 2.25. The van der Waals surface area contributed by atoms with Gasteiger partial charge in [0.25, 0.3) is 0 Å². The SMILES string of the molecule is OB(O)c1c(F)cc(Br)c(Br)c1F. The Morgan fingerprint density at radius 3 is 2.23 bits per heavy atom. The van der Waals surface area contributed by atoms with E-state index >= 15 is 0 Å². The summed E-state index contributed by atoms with van der Waals surface area (Å²) in [7, 11) is -2.16. The Morgan fingerprint density at radius 2 is 1.77 bits per heavy atom. The van der Waals surface area contributed by atoms with Gasteiger partial charge in [-0.1, -0.05) is 0 Å². The molecule has 0 radical (unpaired) electrons. The number of hydrogen-bond donors (Lipinski definition) is 2. The third-order valence-corrected chi connectivity index (χ3v) is 3.34. The molecule has 0 heterocycles. The first kappa shape index (κ1) is 11.1. The zero-order valence-electron chi connectivity index (χ0n) is 6.06. The molecule has 0 aliphatic heterocycles. The van der Waals surface area contributed by atoms with Crippen LogP contribution in [-0.2, 0) is 0 Å². The van der Waals surface area contributed by atoms with Gasteiger partial charge >= 0.3 is 7.12 Å². The molecule has 1 rings (SSSR count). The summed E-state index contributed by atoms with van der Waals surface area (Å²) < 4.78 is 26.2. The first-order valence-electron chi connectivity index (χ1n) is 3.14. The Labute approximate surface area is 90.0 Å². The molecule has 2 N–H and O–H groups in total. The summed E-state index contributed by atoms with van der Waals surface area (Å²) in [6.45, 7) is 0. The standard InChI is InChI=1S/C6H3BBr2F2O2/c8-2-1-3(10)4(7(12)13)6(11)5(2)9/h1,12-13H. The van der Waals surface area contributed by atoms with E-state index in [9.17, 15) is 8.78 Å². The molecule has 0 atom stereocenters. The van der Waals surface area contributed by atoms with Crippen molar-refractivity contribution in [1.82, 2.24) is 0 Å². The highest BCUT2D eigenvalue weighted by atomic mass is 79.9. The van der Waals surface area contributed by atoms with Crippen molar-refractivity contribution in [3.63, 3.8) is 0 Å². The third kappa shape index (κ3) is 2.09. The highest BCUT2D eigenvalue weighted by Gasteiger charge is 2.24. The summed E-state index contributed by atoms with van der Waals surface area (Å²) in [6.07, 6.45) is 0. The van der Waals surface area contributed by atoms with E-state index in [1.165, 1.54) is 0 Å². The average Bonchev–Trinajstić information content (AvgIpc) is 1.99. The molecule has 0 saturated heterocycles. The Bertz CT molecular complexity index is 346. The van der Waals surface area contributed by atoms with E-state index in [0.29, 0.717) is 0 Å². The van der Waals surface area contributed by atoms with E-state index in [1.807, 2.05) is 0 Å². The van der Waals surface area contributed by atoms with Gasteiger partial charge in [0.15, 0.2) is 0 Å². The highest BCUT2D eigenvalue weighted by molar-refractivity contribution is 9.13. The van der Waals surface area contributed by atoms with Crippen molar-refractivity contribution in [1.29, 1.82) is 0 Å². The van der Waals surface area contributed by atoms with Crippen molar-refractivity contribution in [2.45, 2.75) is 0 Å². The van der Waals surface area contributed by atoms with Crippen LogP contribution in [0.3, 0.4) is 0 Å². The molecule has 0 spiro atoms. The summed E-state index contributed by atoms with van der Waals surface area (Å²) in [4.78, 5) is 0. The van der Waals surface area contributed by atoms with Gasteiger partial charge < -0.3 is 10.0 Å².